The number of nitrogens with zero attached hydrogens (tertiary/aromatic N) is 2. The lowest BCUT2D eigenvalue weighted by Gasteiger charge is -2.27. The second-order valence-electron chi connectivity index (χ2n) is 9.76. The Hall–Kier alpha value is -3.91. The number of hydrogen-bond donors (Lipinski definition) is 2. The maximum absolute atomic E-state index is 15.0. The number of nitrogens with one attached hydrogen (secondary N) is 2. The van der Waals surface area contributed by atoms with Crippen LogP contribution >= 0.6 is 0 Å². The lowest BCUT2D eigenvalue weighted by molar-refractivity contribution is -0.143. The number of urea groups is 1. The molecule has 0 radical (unpaired) electrons. The van der Waals surface area contributed by atoms with E-state index in [-0.39, 0.29) is 40.4 Å². The molecular formula is C26H26F8N4O3. The van der Waals surface area contributed by atoms with E-state index < -0.39 is 65.5 Å². The van der Waals surface area contributed by atoms with Crippen LogP contribution in [0.25, 0.3) is 0 Å². The van der Waals surface area contributed by atoms with Crippen molar-refractivity contribution in [2.24, 2.45) is 0 Å². The summed E-state index contributed by atoms with van der Waals surface area (Å²) in [5.74, 6) is -4.47. The van der Waals surface area contributed by atoms with Crippen molar-refractivity contribution < 1.29 is 49.5 Å². The molecule has 3 rings (SSSR count). The number of benzene rings is 2. The Kier molecular flexibility index (Phi) is 9.18. The molecule has 0 saturated carbocycles. The monoisotopic (exact) mass is 594 g/mol. The summed E-state index contributed by atoms with van der Waals surface area (Å²) in [7, 11) is 0. The second kappa shape index (κ2) is 11.9. The zero-order valence-electron chi connectivity index (χ0n) is 22.0. The SMILES string of the molecule is C[C@@H]1CC[C@H](C)N1C(=O)c1ccc([C@@H](C)NC(=O)N(CC(F)(F)F)NC(=O)c2cc(F)cc(C(F)(F)F)c2)c(F)c1. The molecule has 0 unspecified atom stereocenters. The molecule has 2 aromatic carbocycles. The highest BCUT2D eigenvalue weighted by Gasteiger charge is 2.36. The predicted molar refractivity (Wildman–Crippen MR) is 129 cm³/mol. The fourth-order valence-corrected chi connectivity index (χ4v) is 4.51. The summed E-state index contributed by atoms with van der Waals surface area (Å²) < 4.78 is 107. The van der Waals surface area contributed by atoms with Gasteiger partial charge in [-0.2, -0.15) is 26.3 Å². The molecule has 2 aromatic rings. The minimum atomic E-state index is -5.08. The minimum Gasteiger partial charge on any atom is -0.333 e. The third-order valence-electron chi connectivity index (χ3n) is 6.55. The fourth-order valence-electron chi connectivity index (χ4n) is 4.51. The molecule has 4 amide bonds. The van der Waals surface area contributed by atoms with Crippen molar-refractivity contribution in [2.45, 2.75) is 64.1 Å². The van der Waals surface area contributed by atoms with Gasteiger partial charge in [0.05, 0.1) is 11.6 Å². The van der Waals surface area contributed by atoms with Crippen molar-refractivity contribution in [2.75, 3.05) is 6.54 Å². The normalized spacial score (nSPS) is 18.2. The highest BCUT2D eigenvalue weighted by Crippen LogP contribution is 2.31. The zero-order valence-corrected chi connectivity index (χ0v) is 22.0. The third-order valence-corrected chi connectivity index (χ3v) is 6.55. The van der Waals surface area contributed by atoms with Gasteiger partial charge < -0.3 is 10.2 Å². The number of likely N-dealkylation sites (tertiary alicyclic amines) is 1. The van der Waals surface area contributed by atoms with Crippen LogP contribution in [-0.2, 0) is 6.18 Å². The molecule has 0 bridgehead atoms. The lowest BCUT2D eigenvalue weighted by Crippen LogP contribution is -2.54. The number of hydrogen-bond acceptors (Lipinski definition) is 3. The van der Waals surface area contributed by atoms with Crippen LogP contribution in [0.1, 0.15) is 71.5 Å². The van der Waals surface area contributed by atoms with Crippen molar-refractivity contribution in [3.63, 3.8) is 0 Å². The van der Waals surface area contributed by atoms with Crippen LogP contribution in [-0.4, -0.2) is 52.6 Å². The van der Waals surface area contributed by atoms with Gasteiger partial charge in [-0.25, -0.2) is 18.6 Å². The molecule has 1 heterocycles. The minimum absolute atomic E-state index is 0.0321. The number of carbonyl (C=O) groups excluding carboxylic acids is 3. The molecule has 0 aromatic heterocycles. The first-order valence-electron chi connectivity index (χ1n) is 12.3. The molecule has 7 nitrogen and oxygen atoms in total. The first-order valence-corrected chi connectivity index (χ1v) is 12.3. The quantitative estimate of drug-likeness (QED) is 0.331. The van der Waals surface area contributed by atoms with E-state index in [2.05, 4.69) is 5.32 Å². The molecular weight excluding hydrogens is 568 g/mol. The summed E-state index contributed by atoms with van der Waals surface area (Å²) >= 11 is 0. The molecule has 1 fully saturated rings. The van der Waals surface area contributed by atoms with E-state index >= 15 is 0 Å². The first kappa shape index (κ1) is 31.6. The Balaban J connectivity index is 1.78. The molecule has 0 aliphatic carbocycles. The first-order chi connectivity index (χ1) is 18.9. The highest BCUT2D eigenvalue weighted by atomic mass is 19.4. The van der Waals surface area contributed by atoms with Crippen LogP contribution in [0.2, 0.25) is 0 Å². The van der Waals surface area contributed by atoms with Gasteiger partial charge in [-0.3, -0.25) is 15.0 Å². The smallest absolute Gasteiger partial charge is 0.333 e. The van der Waals surface area contributed by atoms with Crippen LogP contribution in [0.5, 0.6) is 0 Å². The molecule has 15 heteroatoms. The van der Waals surface area contributed by atoms with E-state index in [1.807, 2.05) is 13.8 Å². The van der Waals surface area contributed by atoms with Gasteiger partial charge in [-0.15, -0.1) is 0 Å². The van der Waals surface area contributed by atoms with Crippen LogP contribution in [0.15, 0.2) is 36.4 Å². The van der Waals surface area contributed by atoms with Gasteiger partial charge >= 0.3 is 18.4 Å². The van der Waals surface area contributed by atoms with Crippen LogP contribution in [0.4, 0.5) is 39.9 Å². The van der Waals surface area contributed by atoms with Gasteiger partial charge in [0.1, 0.15) is 18.2 Å². The summed E-state index contributed by atoms with van der Waals surface area (Å²) in [6, 6.07) is 1.07. The van der Waals surface area contributed by atoms with Crippen molar-refractivity contribution >= 4 is 17.8 Å². The summed E-state index contributed by atoms with van der Waals surface area (Å²) in [6.07, 6.45) is -8.58. The molecule has 1 aliphatic heterocycles. The van der Waals surface area contributed by atoms with Crippen LogP contribution < -0.4 is 10.7 Å². The fraction of sp³-hybridized carbons (Fsp3) is 0.423. The van der Waals surface area contributed by atoms with E-state index in [0.29, 0.717) is 6.07 Å². The maximum atomic E-state index is 15.0. The molecule has 1 aliphatic rings. The van der Waals surface area contributed by atoms with Crippen molar-refractivity contribution in [1.29, 1.82) is 0 Å². The number of rotatable bonds is 5. The van der Waals surface area contributed by atoms with E-state index in [0.717, 1.165) is 18.9 Å². The summed E-state index contributed by atoms with van der Waals surface area (Å²) in [4.78, 5) is 39.6. The van der Waals surface area contributed by atoms with Gasteiger partial charge in [0.15, 0.2) is 0 Å². The summed E-state index contributed by atoms with van der Waals surface area (Å²) in [5.41, 5.74) is -1.23. The average Bonchev–Trinajstić information content (AvgIpc) is 3.18. The molecule has 2 N–H and O–H groups in total. The van der Waals surface area contributed by atoms with Gasteiger partial charge in [-0.1, -0.05) is 6.07 Å². The number of hydrazine groups is 1. The summed E-state index contributed by atoms with van der Waals surface area (Å²) in [5, 5.41) is 1.79. The second-order valence-corrected chi connectivity index (χ2v) is 9.76. The van der Waals surface area contributed by atoms with Crippen molar-refractivity contribution in [3.05, 3.63) is 70.3 Å². The van der Waals surface area contributed by atoms with E-state index in [1.165, 1.54) is 24.5 Å². The van der Waals surface area contributed by atoms with Gasteiger partial charge in [0.2, 0.25) is 0 Å². The number of carbonyl (C=O) groups is 3. The lowest BCUT2D eigenvalue weighted by atomic mass is 10.0. The predicted octanol–water partition coefficient (Wildman–Crippen LogP) is 5.98. The molecule has 3 atom stereocenters. The number of halogens is 8. The highest BCUT2D eigenvalue weighted by molar-refractivity contribution is 5.96. The maximum Gasteiger partial charge on any atom is 0.416 e. The zero-order chi connectivity index (χ0) is 30.9. The topological polar surface area (TPSA) is 81.8 Å². The average molecular weight is 595 g/mol. The Bertz CT molecular complexity index is 1300. The molecule has 224 valence electrons. The molecule has 41 heavy (non-hydrogen) atoms. The summed E-state index contributed by atoms with van der Waals surface area (Å²) in [6.45, 7) is 2.86. The Morgan fingerprint density at radius 2 is 1.56 bits per heavy atom. The van der Waals surface area contributed by atoms with Crippen LogP contribution in [0.3, 0.4) is 0 Å². The largest absolute Gasteiger partial charge is 0.416 e. The van der Waals surface area contributed by atoms with E-state index in [4.69, 9.17) is 0 Å². The van der Waals surface area contributed by atoms with E-state index in [9.17, 15) is 49.5 Å². The van der Waals surface area contributed by atoms with Gasteiger partial charge in [0, 0.05) is 28.8 Å². The van der Waals surface area contributed by atoms with E-state index in [1.54, 1.807) is 4.90 Å². The molecule has 1 saturated heterocycles. The third kappa shape index (κ3) is 7.85. The van der Waals surface area contributed by atoms with Crippen molar-refractivity contribution in [3.8, 4) is 0 Å². The number of alkyl halides is 6. The van der Waals surface area contributed by atoms with Gasteiger partial charge in [-0.05, 0) is 63.9 Å². The Labute approximate surface area is 229 Å². The number of amides is 4. The molecule has 0 spiro atoms. The standard InChI is InChI=1S/C26H26F8N4O3/c1-13-4-5-14(2)38(13)23(40)16-6-7-20(21(28)10-16)15(3)35-24(41)37(12-25(29,30)31)36-22(39)17-8-18(26(32,33)34)11-19(27)9-17/h6-11,13-15H,4-5,12H2,1-3H3,(H,35,41)(H,36,39)/t13-,14+,15-/m1/s1. The van der Waals surface area contributed by atoms with Crippen molar-refractivity contribution in [1.82, 2.24) is 20.7 Å². The Morgan fingerprint density at radius 3 is 2.10 bits per heavy atom. The Morgan fingerprint density at radius 1 is 0.951 bits per heavy atom. The van der Waals surface area contributed by atoms with Gasteiger partial charge in [0.25, 0.3) is 11.8 Å². The van der Waals surface area contributed by atoms with Crippen LogP contribution in [0, 0.1) is 11.6 Å².